The van der Waals surface area contributed by atoms with Gasteiger partial charge in [0.15, 0.2) is 0 Å². The molecule has 0 aromatic heterocycles. The Labute approximate surface area is 188 Å². The molecule has 4 N–H and O–H groups in total. The molecule has 1 unspecified atom stereocenters. The maximum Gasteiger partial charge on any atom is 0.251 e. The molecule has 0 radical (unpaired) electrons. The molecule has 2 aromatic carbocycles. The van der Waals surface area contributed by atoms with Crippen LogP contribution in [-0.4, -0.2) is 30.1 Å². The van der Waals surface area contributed by atoms with Gasteiger partial charge in [0.25, 0.3) is 5.91 Å². The molecule has 1 amide bonds. The summed E-state index contributed by atoms with van der Waals surface area (Å²) in [7, 11) is 0. The van der Waals surface area contributed by atoms with E-state index in [-0.39, 0.29) is 12.1 Å². The highest BCUT2D eigenvalue weighted by atomic mass is 16.1. The van der Waals surface area contributed by atoms with Gasteiger partial charge in [0.1, 0.15) is 6.17 Å². The summed E-state index contributed by atoms with van der Waals surface area (Å²) < 4.78 is 0. The Morgan fingerprint density at radius 1 is 1.00 bits per heavy atom. The second kappa shape index (κ2) is 7.88. The largest absolute Gasteiger partial charge is 0.365 e. The van der Waals surface area contributed by atoms with Gasteiger partial charge in [-0.2, -0.15) is 0 Å². The number of piperidine rings is 1. The van der Waals surface area contributed by atoms with Crippen LogP contribution >= 0.6 is 0 Å². The number of fused-ring (bicyclic) bond motifs is 2. The van der Waals surface area contributed by atoms with Gasteiger partial charge < -0.3 is 26.2 Å². The Kier molecular flexibility index (Phi) is 4.72. The van der Waals surface area contributed by atoms with E-state index in [4.69, 9.17) is 0 Å². The molecule has 1 saturated heterocycles. The first-order valence-electron chi connectivity index (χ1n) is 11.4. The van der Waals surface area contributed by atoms with Crippen LogP contribution in [0.3, 0.4) is 0 Å². The van der Waals surface area contributed by atoms with Crippen molar-refractivity contribution in [3.8, 4) is 0 Å². The molecule has 6 rings (SSSR count). The summed E-state index contributed by atoms with van der Waals surface area (Å²) in [5.74, 6) is 0.682. The summed E-state index contributed by atoms with van der Waals surface area (Å²) in [4.78, 5) is 14.1. The minimum atomic E-state index is 0.0161. The average Bonchev–Trinajstić information content (AvgIpc) is 3.48. The van der Waals surface area contributed by atoms with Crippen molar-refractivity contribution in [2.24, 2.45) is 0 Å². The second-order valence-corrected chi connectivity index (χ2v) is 8.79. The molecule has 32 heavy (non-hydrogen) atoms. The molecule has 2 aromatic rings. The summed E-state index contributed by atoms with van der Waals surface area (Å²) in [6.07, 6.45) is 10.8. The van der Waals surface area contributed by atoms with Crippen LogP contribution in [0.2, 0.25) is 0 Å². The average molecular weight is 426 g/mol. The van der Waals surface area contributed by atoms with Crippen molar-refractivity contribution in [1.29, 1.82) is 0 Å². The summed E-state index contributed by atoms with van der Waals surface area (Å²) in [5.41, 5.74) is 7.70. The number of rotatable bonds is 4. The first-order valence-corrected chi connectivity index (χ1v) is 11.4. The van der Waals surface area contributed by atoms with Crippen molar-refractivity contribution in [3.63, 3.8) is 0 Å². The van der Waals surface area contributed by atoms with E-state index >= 15 is 0 Å². The molecule has 6 nitrogen and oxygen atoms in total. The summed E-state index contributed by atoms with van der Waals surface area (Å²) in [6.45, 7) is 2.82. The molecule has 0 saturated carbocycles. The van der Waals surface area contributed by atoms with Gasteiger partial charge in [0.05, 0.1) is 11.4 Å². The zero-order valence-electron chi connectivity index (χ0n) is 17.9. The van der Waals surface area contributed by atoms with Gasteiger partial charge in [-0.1, -0.05) is 18.2 Å². The Morgan fingerprint density at radius 2 is 1.84 bits per heavy atom. The van der Waals surface area contributed by atoms with Crippen LogP contribution in [0, 0.1) is 0 Å². The highest BCUT2D eigenvalue weighted by Crippen LogP contribution is 2.33. The number of nitrogens with one attached hydrogen (secondary N) is 4. The van der Waals surface area contributed by atoms with Crippen molar-refractivity contribution >= 4 is 17.3 Å². The van der Waals surface area contributed by atoms with Crippen molar-refractivity contribution in [2.75, 3.05) is 18.4 Å². The van der Waals surface area contributed by atoms with E-state index in [0.29, 0.717) is 12.5 Å². The quantitative estimate of drug-likeness (QED) is 0.604. The smallest absolute Gasteiger partial charge is 0.251 e. The molecule has 0 spiro atoms. The highest BCUT2D eigenvalue weighted by molar-refractivity contribution is 5.98. The molecule has 1 fully saturated rings. The van der Waals surface area contributed by atoms with Gasteiger partial charge in [-0.3, -0.25) is 4.79 Å². The van der Waals surface area contributed by atoms with Crippen LogP contribution in [0.1, 0.15) is 45.8 Å². The fraction of sp³-hybridized carbons (Fsp3) is 0.269. The molecule has 0 aliphatic carbocycles. The van der Waals surface area contributed by atoms with Gasteiger partial charge in [0, 0.05) is 30.2 Å². The predicted molar refractivity (Wildman–Crippen MR) is 126 cm³/mol. The molecule has 0 bridgehead atoms. The zero-order chi connectivity index (χ0) is 21.5. The number of allylic oxidation sites excluding steroid dienone is 2. The number of carbonyl (C=O) groups excluding carboxylic acids is 1. The number of nitrogens with zero attached hydrogens (tertiary/aromatic N) is 1. The monoisotopic (exact) mass is 425 g/mol. The van der Waals surface area contributed by atoms with Crippen LogP contribution in [0.15, 0.2) is 72.7 Å². The number of hydrogen-bond acceptors (Lipinski definition) is 5. The first-order chi connectivity index (χ1) is 15.8. The van der Waals surface area contributed by atoms with E-state index in [2.05, 4.69) is 74.9 Å². The fourth-order valence-corrected chi connectivity index (χ4v) is 5.09. The maximum absolute atomic E-state index is 11.9. The highest BCUT2D eigenvalue weighted by Gasteiger charge is 2.30. The lowest BCUT2D eigenvalue weighted by molar-refractivity contribution is 0.0965. The Balaban J connectivity index is 1.23. The van der Waals surface area contributed by atoms with E-state index in [1.54, 1.807) is 0 Å². The normalized spacial score (nSPS) is 21.9. The molecule has 6 heteroatoms. The molecule has 1 atom stereocenters. The predicted octanol–water partition coefficient (Wildman–Crippen LogP) is 3.45. The molecule has 162 valence electrons. The third-order valence-corrected chi connectivity index (χ3v) is 6.86. The summed E-state index contributed by atoms with van der Waals surface area (Å²) in [6, 6.07) is 15.0. The SMILES string of the molecule is O=C1NCc2cc(C3=CC=C(Nc4ccc(C5CCNCC5)cc4)C4NC=CN34)ccc21. The molecule has 4 aliphatic rings. The zero-order valence-corrected chi connectivity index (χ0v) is 17.9. The maximum atomic E-state index is 11.9. The molecular formula is C26H27N5O. The van der Waals surface area contributed by atoms with E-state index < -0.39 is 0 Å². The fourth-order valence-electron chi connectivity index (χ4n) is 5.09. The lowest BCUT2D eigenvalue weighted by Gasteiger charge is -2.33. The third-order valence-electron chi connectivity index (χ3n) is 6.86. The van der Waals surface area contributed by atoms with Gasteiger partial charge in [-0.25, -0.2) is 0 Å². The van der Waals surface area contributed by atoms with E-state index in [0.717, 1.165) is 46.9 Å². The standard InChI is InChI=1S/C26H27N5O/c32-26-22-6-3-19(15-20(22)16-29-26)24-8-7-23(25-28-13-14-31(24)25)30-21-4-1-17(2-5-21)18-9-11-27-12-10-18/h1-8,13-15,18,25,27-28,30H,9-12,16H2,(H,29,32). The lowest BCUT2D eigenvalue weighted by atomic mass is 9.90. The van der Waals surface area contributed by atoms with E-state index in [1.165, 1.54) is 18.4 Å². The molecule has 4 aliphatic heterocycles. The van der Waals surface area contributed by atoms with Crippen molar-refractivity contribution in [3.05, 3.63) is 95.0 Å². The second-order valence-electron chi connectivity index (χ2n) is 8.79. The molecule has 4 heterocycles. The van der Waals surface area contributed by atoms with Crippen molar-refractivity contribution in [1.82, 2.24) is 20.9 Å². The number of benzene rings is 2. The van der Waals surface area contributed by atoms with Crippen LogP contribution < -0.4 is 21.3 Å². The van der Waals surface area contributed by atoms with Crippen LogP contribution in [0.4, 0.5) is 5.69 Å². The van der Waals surface area contributed by atoms with Gasteiger partial charge >= 0.3 is 0 Å². The molecular weight excluding hydrogens is 398 g/mol. The van der Waals surface area contributed by atoms with Gasteiger partial charge in [0.2, 0.25) is 0 Å². The summed E-state index contributed by atoms with van der Waals surface area (Å²) >= 11 is 0. The van der Waals surface area contributed by atoms with Crippen molar-refractivity contribution < 1.29 is 4.79 Å². The number of carbonyl (C=O) groups is 1. The van der Waals surface area contributed by atoms with Crippen molar-refractivity contribution in [2.45, 2.75) is 31.5 Å². The van der Waals surface area contributed by atoms with Gasteiger partial charge in [-0.05, 0) is 85.0 Å². The Morgan fingerprint density at radius 3 is 2.69 bits per heavy atom. The van der Waals surface area contributed by atoms with Crippen LogP contribution in [0.5, 0.6) is 0 Å². The van der Waals surface area contributed by atoms with E-state index in [1.807, 2.05) is 18.3 Å². The Hall–Kier alpha value is -3.51. The third kappa shape index (κ3) is 3.37. The topological polar surface area (TPSA) is 68.4 Å². The lowest BCUT2D eigenvalue weighted by Crippen LogP contribution is -2.40. The first kappa shape index (κ1) is 19.2. The minimum Gasteiger partial charge on any atom is -0.365 e. The van der Waals surface area contributed by atoms with Crippen LogP contribution in [0.25, 0.3) is 5.70 Å². The minimum absolute atomic E-state index is 0.0161. The number of amides is 1. The Bertz CT molecular complexity index is 1140. The number of anilines is 1. The van der Waals surface area contributed by atoms with Gasteiger partial charge in [-0.15, -0.1) is 0 Å². The summed E-state index contributed by atoms with van der Waals surface area (Å²) in [5, 5.41) is 13.4. The van der Waals surface area contributed by atoms with E-state index in [9.17, 15) is 4.79 Å². The van der Waals surface area contributed by atoms with Crippen LogP contribution in [-0.2, 0) is 6.54 Å². The number of hydrogen-bond donors (Lipinski definition) is 4.